The van der Waals surface area contributed by atoms with Crippen molar-refractivity contribution < 1.29 is 0 Å². The fraction of sp³-hybridized carbons (Fsp3) is 0. The largest absolute Gasteiger partial charge is 0.158 e. The molecule has 46 valence electrons. The number of aromatic nitrogens is 2. The average molecular weight is 128 g/mol. The highest BCUT2D eigenvalue weighted by Gasteiger charge is 1.88. The smallest absolute Gasteiger partial charge is 0.101 e. The molecule has 0 aliphatic rings. The summed E-state index contributed by atoms with van der Waals surface area (Å²) in [6.45, 7) is 0. The highest BCUT2D eigenvalue weighted by Crippen LogP contribution is 2.05. The van der Waals surface area contributed by atoms with E-state index in [1.54, 1.807) is 12.3 Å². The van der Waals surface area contributed by atoms with E-state index in [9.17, 15) is 0 Å². The van der Waals surface area contributed by atoms with Crippen molar-refractivity contribution in [3.05, 3.63) is 36.5 Å². The minimum atomic E-state index is 0.793. The van der Waals surface area contributed by atoms with Gasteiger partial charge in [0.05, 0.1) is 6.20 Å². The minimum Gasteiger partial charge on any atom is -0.158 e. The molecule has 2 nitrogen and oxygen atoms in total. The molecule has 1 aromatic carbocycles. The van der Waals surface area contributed by atoms with Crippen LogP contribution >= 0.6 is 0 Å². The van der Waals surface area contributed by atoms with Crippen LogP contribution < -0.4 is 0 Å². The van der Waals surface area contributed by atoms with Gasteiger partial charge in [-0.2, -0.15) is 5.10 Å². The summed E-state index contributed by atoms with van der Waals surface area (Å²) in [6.07, 6.45) is 1.66. The highest BCUT2D eigenvalue weighted by molar-refractivity contribution is 5.76. The van der Waals surface area contributed by atoms with E-state index < -0.39 is 0 Å². The summed E-state index contributed by atoms with van der Waals surface area (Å²) >= 11 is 0. The maximum atomic E-state index is 3.86. The molecule has 0 saturated heterocycles. The van der Waals surface area contributed by atoms with Crippen molar-refractivity contribution >= 4 is 10.9 Å². The normalized spacial score (nSPS) is 10.0. The van der Waals surface area contributed by atoms with Crippen LogP contribution in [0, 0.1) is 12.1 Å². The maximum absolute atomic E-state index is 3.86. The summed E-state index contributed by atoms with van der Waals surface area (Å²) in [6, 6.07) is 11.3. The van der Waals surface area contributed by atoms with Gasteiger partial charge in [0.25, 0.3) is 0 Å². The molecular formula is C8H4N2. The van der Waals surface area contributed by atoms with Crippen molar-refractivity contribution in [1.82, 2.24) is 10.2 Å². The van der Waals surface area contributed by atoms with Gasteiger partial charge >= 0.3 is 0 Å². The van der Waals surface area contributed by atoms with Crippen molar-refractivity contribution in [1.29, 1.82) is 0 Å². The maximum Gasteiger partial charge on any atom is 0.101 e. The Labute approximate surface area is 58.5 Å². The first-order valence-corrected chi connectivity index (χ1v) is 2.96. The molecule has 0 N–H and O–H groups in total. The fourth-order valence-electron chi connectivity index (χ4n) is 0.812. The second-order valence-electron chi connectivity index (χ2n) is 1.93. The molecule has 1 heterocycles. The standard InChI is InChI=1S/C8H4N2/c1-2-4-8-7(3-1)5-6-9-10-8/h2-3,5-6H. The SMILES string of the molecule is [c]1c[c]c2nnccc2c1. The van der Waals surface area contributed by atoms with Crippen LogP contribution in [0.3, 0.4) is 0 Å². The van der Waals surface area contributed by atoms with Crippen LogP contribution in [0.25, 0.3) is 10.9 Å². The Morgan fingerprint density at radius 2 is 2.40 bits per heavy atom. The molecule has 2 aromatic rings. The topological polar surface area (TPSA) is 25.8 Å². The fourth-order valence-corrected chi connectivity index (χ4v) is 0.812. The summed E-state index contributed by atoms with van der Waals surface area (Å²) in [7, 11) is 0. The van der Waals surface area contributed by atoms with Crippen molar-refractivity contribution in [2.24, 2.45) is 0 Å². The molecule has 0 unspecified atom stereocenters. The predicted octanol–water partition coefficient (Wildman–Crippen LogP) is 1.23. The van der Waals surface area contributed by atoms with E-state index in [1.165, 1.54) is 0 Å². The lowest BCUT2D eigenvalue weighted by Crippen LogP contribution is -1.80. The van der Waals surface area contributed by atoms with Crippen molar-refractivity contribution in [2.75, 3.05) is 0 Å². The van der Waals surface area contributed by atoms with Crippen molar-refractivity contribution in [2.45, 2.75) is 0 Å². The molecule has 1 aromatic heterocycles. The molecule has 2 rings (SSSR count). The Bertz CT molecular complexity index is 278. The Kier molecular flexibility index (Phi) is 1.10. The lowest BCUT2D eigenvalue weighted by molar-refractivity contribution is 1.07. The van der Waals surface area contributed by atoms with Crippen LogP contribution in [0.15, 0.2) is 24.4 Å². The summed E-state index contributed by atoms with van der Waals surface area (Å²) in [5.74, 6) is 0. The molecule has 0 bridgehead atoms. The van der Waals surface area contributed by atoms with E-state index in [2.05, 4.69) is 22.3 Å². The van der Waals surface area contributed by atoms with E-state index in [0.717, 1.165) is 10.9 Å². The van der Waals surface area contributed by atoms with E-state index in [1.807, 2.05) is 12.1 Å². The molecule has 0 aliphatic carbocycles. The zero-order valence-corrected chi connectivity index (χ0v) is 5.20. The first-order valence-electron chi connectivity index (χ1n) is 2.96. The molecule has 0 saturated carbocycles. The van der Waals surface area contributed by atoms with Gasteiger partial charge in [-0.25, -0.2) is 0 Å². The van der Waals surface area contributed by atoms with Crippen LogP contribution in [0.4, 0.5) is 0 Å². The number of nitrogens with zero attached hydrogens (tertiary/aromatic N) is 2. The monoisotopic (exact) mass is 128 g/mol. The third-order valence-electron chi connectivity index (χ3n) is 1.28. The molecular weight excluding hydrogens is 124 g/mol. The van der Waals surface area contributed by atoms with E-state index in [4.69, 9.17) is 0 Å². The van der Waals surface area contributed by atoms with Crippen LogP contribution in [-0.4, -0.2) is 10.2 Å². The molecule has 0 amide bonds. The second kappa shape index (κ2) is 2.06. The molecule has 2 radical (unpaired) electrons. The summed E-state index contributed by atoms with van der Waals surface area (Å²) in [4.78, 5) is 0. The van der Waals surface area contributed by atoms with E-state index in [-0.39, 0.29) is 0 Å². The minimum absolute atomic E-state index is 0.793. The zero-order valence-electron chi connectivity index (χ0n) is 5.20. The van der Waals surface area contributed by atoms with Crippen LogP contribution in [0.2, 0.25) is 0 Å². The molecule has 10 heavy (non-hydrogen) atoms. The van der Waals surface area contributed by atoms with Gasteiger partial charge in [-0.3, -0.25) is 0 Å². The number of rotatable bonds is 0. The summed E-state index contributed by atoms with van der Waals surface area (Å²) < 4.78 is 0. The van der Waals surface area contributed by atoms with Crippen LogP contribution in [-0.2, 0) is 0 Å². The molecule has 0 fully saturated rings. The Balaban J connectivity index is 2.89. The van der Waals surface area contributed by atoms with Gasteiger partial charge in [-0.15, -0.1) is 5.10 Å². The van der Waals surface area contributed by atoms with Crippen LogP contribution in [0.5, 0.6) is 0 Å². The quantitative estimate of drug-likeness (QED) is 0.533. The van der Waals surface area contributed by atoms with Gasteiger partial charge in [0.1, 0.15) is 5.52 Å². The van der Waals surface area contributed by atoms with Gasteiger partial charge in [-0.05, 0) is 24.3 Å². The third kappa shape index (κ3) is 0.739. The van der Waals surface area contributed by atoms with Crippen LogP contribution in [0.1, 0.15) is 0 Å². The number of fused-ring (bicyclic) bond motifs is 1. The molecule has 0 spiro atoms. The number of benzene rings is 1. The lowest BCUT2D eigenvalue weighted by atomic mass is 10.2. The third-order valence-corrected chi connectivity index (χ3v) is 1.28. The van der Waals surface area contributed by atoms with Gasteiger partial charge in [0.2, 0.25) is 0 Å². The summed E-state index contributed by atoms with van der Waals surface area (Å²) in [5, 5.41) is 8.60. The van der Waals surface area contributed by atoms with Gasteiger partial charge in [0, 0.05) is 11.5 Å². The van der Waals surface area contributed by atoms with Gasteiger partial charge in [-0.1, -0.05) is 0 Å². The van der Waals surface area contributed by atoms with Crippen molar-refractivity contribution in [3.8, 4) is 0 Å². The first-order chi connectivity index (χ1) is 4.97. The van der Waals surface area contributed by atoms with Crippen molar-refractivity contribution in [3.63, 3.8) is 0 Å². The van der Waals surface area contributed by atoms with Gasteiger partial charge < -0.3 is 0 Å². The predicted molar refractivity (Wildman–Crippen MR) is 37.2 cm³/mol. The zero-order chi connectivity index (χ0) is 6.81. The number of hydrogen-bond acceptors (Lipinski definition) is 2. The highest BCUT2D eigenvalue weighted by atomic mass is 15.1. The molecule has 0 atom stereocenters. The Morgan fingerprint density at radius 1 is 1.40 bits per heavy atom. The molecule has 0 aliphatic heterocycles. The Hall–Kier alpha value is -1.44. The van der Waals surface area contributed by atoms with E-state index >= 15 is 0 Å². The second-order valence-corrected chi connectivity index (χ2v) is 1.93. The summed E-state index contributed by atoms with van der Waals surface area (Å²) in [5.41, 5.74) is 0.793. The van der Waals surface area contributed by atoms with Gasteiger partial charge in [0.15, 0.2) is 0 Å². The van der Waals surface area contributed by atoms with E-state index in [0.29, 0.717) is 0 Å². The lowest BCUT2D eigenvalue weighted by Gasteiger charge is -1.89. The average Bonchev–Trinajstić information content (AvgIpc) is 2.05. The Morgan fingerprint density at radius 3 is 3.30 bits per heavy atom. The number of hydrogen-bond donors (Lipinski definition) is 0. The first kappa shape index (κ1) is 5.35. The molecule has 2 heteroatoms.